The second-order valence-corrected chi connectivity index (χ2v) is 5.96. The molecule has 0 aliphatic carbocycles. The van der Waals surface area contributed by atoms with Gasteiger partial charge in [0, 0.05) is 11.7 Å². The van der Waals surface area contributed by atoms with E-state index in [2.05, 4.69) is 31.4 Å². The van der Waals surface area contributed by atoms with Crippen LogP contribution in [0.2, 0.25) is 0 Å². The molecule has 0 radical (unpaired) electrons. The van der Waals surface area contributed by atoms with Gasteiger partial charge in [0.25, 0.3) is 0 Å². The Hall–Kier alpha value is -1.29. The van der Waals surface area contributed by atoms with E-state index in [0.29, 0.717) is 11.2 Å². The first-order valence-corrected chi connectivity index (χ1v) is 7.63. The fourth-order valence-electron chi connectivity index (χ4n) is 1.97. The minimum absolute atomic E-state index is 0.395. The molecule has 0 unspecified atom stereocenters. The topological polar surface area (TPSA) is 33.3 Å². The van der Waals surface area contributed by atoms with Crippen molar-refractivity contribution in [2.75, 3.05) is 12.4 Å². The molecule has 0 aliphatic rings. The molecule has 3 nitrogen and oxygen atoms in total. The van der Waals surface area contributed by atoms with E-state index in [-0.39, 0.29) is 0 Å². The van der Waals surface area contributed by atoms with E-state index in [4.69, 9.17) is 17.0 Å². The number of methoxy groups -OCH3 is 1. The predicted molar refractivity (Wildman–Crippen MR) is 90.5 cm³/mol. The SMILES string of the molecule is COc1ccc(NC(=S)N[C@H](C)CCCC(C)C)cc1. The summed E-state index contributed by atoms with van der Waals surface area (Å²) < 4.78 is 5.13. The monoisotopic (exact) mass is 294 g/mol. The smallest absolute Gasteiger partial charge is 0.170 e. The van der Waals surface area contributed by atoms with Crippen LogP contribution in [0.1, 0.15) is 40.0 Å². The minimum atomic E-state index is 0.395. The van der Waals surface area contributed by atoms with Gasteiger partial charge in [-0.05, 0) is 55.7 Å². The number of rotatable bonds is 7. The van der Waals surface area contributed by atoms with Gasteiger partial charge in [-0.2, -0.15) is 0 Å². The molecular weight excluding hydrogens is 268 g/mol. The molecule has 1 aromatic carbocycles. The average molecular weight is 294 g/mol. The number of hydrogen-bond acceptors (Lipinski definition) is 2. The van der Waals surface area contributed by atoms with E-state index in [9.17, 15) is 0 Å². The standard InChI is InChI=1S/C16H26N2OS/c1-12(2)6-5-7-13(3)17-16(20)18-14-8-10-15(19-4)11-9-14/h8-13H,5-7H2,1-4H3,(H2,17,18,20)/t13-/m1/s1. The van der Waals surface area contributed by atoms with Crippen LogP contribution >= 0.6 is 12.2 Å². The Bertz CT molecular complexity index is 403. The molecule has 1 rings (SSSR count). The summed E-state index contributed by atoms with van der Waals surface area (Å²) >= 11 is 5.32. The first kappa shape index (κ1) is 16.8. The van der Waals surface area contributed by atoms with Gasteiger partial charge in [0.05, 0.1) is 7.11 Å². The number of thiocarbonyl (C=S) groups is 1. The van der Waals surface area contributed by atoms with Gasteiger partial charge in [-0.15, -0.1) is 0 Å². The van der Waals surface area contributed by atoms with Gasteiger partial charge in [-0.3, -0.25) is 0 Å². The molecule has 0 spiro atoms. The van der Waals surface area contributed by atoms with Crippen LogP contribution in [0, 0.1) is 5.92 Å². The van der Waals surface area contributed by atoms with E-state index in [0.717, 1.165) is 23.8 Å². The number of hydrogen-bond donors (Lipinski definition) is 2. The molecule has 0 amide bonds. The van der Waals surface area contributed by atoms with Gasteiger partial charge in [0.1, 0.15) is 5.75 Å². The van der Waals surface area contributed by atoms with Crippen LogP contribution in [0.4, 0.5) is 5.69 Å². The van der Waals surface area contributed by atoms with Crippen molar-refractivity contribution in [3.8, 4) is 5.75 Å². The Morgan fingerprint density at radius 2 is 1.80 bits per heavy atom. The summed E-state index contributed by atoms with van der Waals surface area (Å²) in [4.78, 5) is 0. The first-order chi connectivity index (χ1) is 9.51. The van der Waals surface area contributed by atoms with Crippen LogP contribution in [-0.2, 0) is 0 Å². The first-order valence-electron chi connectivity index (χ1n) is 7.23. The molecule has 2 N–H and O–H groups in total. The summed E-state index contributed by atoms with van der Waals surface area (Å²) in [7, 11) is 1.66. The van der Waals surface area contributed by atoms with Crippen molar-refractivity contribution in [2.24, 2.45) is 5.92 Å². The molecule has 0 heterocycles. The summed E-state index contributed by atoms with van der Waals surface area (Å²) in [6, 6.07) is 8.13. The molecule has 0 saturated carbocycles. The fourth-order valence-corrected chi connectivity index (χ4v) is 2.29. The summed E-state index contributed by atoms with van der Waals surface area (Å²) in [5.41, 5.74) is 0.970. The van der Waals surface area contributed by atoms with E-state index in [1.807, 2.05) is 24.3 Å². The van der Waals surface area contributed by atoms with Gasteiger partial charge in [-0.1, -0.05) is 26.7 Å². The van der Waals surface area contributed by atoms with Gasteiger partial charge in [0.15, 0.2) is 5.11 Å². The van der Waals surface area contributed by atoms with Crippen LogP contribution in [0.25, 0.3) is 0 Å². The van der Waals surface area contributed by atoms with Crippen LogP contribution in [0.15, 0.2) is 24.3 Å². The van der Waals surface area contributed by atoms with E-state index >= 15 is 0 Å². The van der Waals surface area contributed by atoms with Gasteiger partial charge in [0.2, 0.25) is 0 Å². The van der Waals surface area contributed by atoms with Crippen molar-refractivity contribution in [3.05, 3.63) is 24.3 Å². The van der Waals surface area contributed by atoms with Crippen molar-refractivity contribution in [1.29, 1.82) is 0 Å². The Morgan fingerprint density at radius 1 is 1.15 bits per heavy atom. The minimum Gasteiger partial charge on any atom is -0.497 e. The Kier molecular flexibility index (Phi) is 7.37. The van der Waals surface area contributed by atoms with Crippen molar-refractivity contribution in [2.45, 2.75) is 46.1 Å². The zero-order chi connectivity index (χ0) is 15.0. The number of nitrogens with one attached hydrogen (secondary N) is 2. The average Bonchev–Trinajstić information content (AvgIpc) is 2.38. The third-order valence-corrected chi connectivity index (χ3v) is 3.36. The lowest BCUT2D eigenvalue weighted by atomic mass is 10.0. The third-order valence-electron chi connectivity index (χ3n) is 3.14. The van der Waals surface area contributed by atoms with Gasteiger partial charge < -0.3 is 15.4 Å². The molecule has 0 aromatic heterocycles. The van der Waals surface area contributed by atoms with E-state index in [1.54, 1.807) is 7.11 Å². The van der Waals surface area contributed by atoms with Gasteiger partial charge in [-0.25, -0.2) is 0 Å². The number of anilines is 1. The largest absolute Gasteiger partial charge is 0.497 e. The highest BCUT2D eigenvalue weighted by atomic mass is 32.1. The highest BCUT2D eigenvalue weighted by molar-refractivity contribution is 7.80. The van der Waals surface area contributed by atoms with Crippen LogP contribution < -0.4 is 15.4 Å². The summed E-state index contributed by atoms with van der Waals surface area (Å²) in [6.45, 7) is 6.68. The molecule has 112 valence electrons. The van der Waals surface area contributed by atoms with Crippen molar-refractivity contribution < 1.29 is 4.74 Å². The summed E-state index contributed by atoms with van der Waals surface area (Å²) in [5.74, 6) is 1.61. The highest BCUT2D eigenvalue weighted by Crippen LogP contribution is 2.15. The second-order valence-electron chi connectivity index (χ2n) is 5.55. The number of ether oxygens (including phenoxy) is 1. The lowest BCUT2D eigenvalue weighted by Gasteiger charge is -2.17. The summed E-state index contributed by atoms with van der Waals surface area (Å²) in [5, 5.41) is 7.18. The molecule has 20 heavy (non-hydrogen) atoms. The predicted octanol–water partition coefficient (Wildman–Crippen LogP) is 4.20. The van der Waals surface area contributed by atoms with E-state index in [1.165, 1.54) is 12.8 Å². The Morgan fingerprint density at radius 3 is 2.35 bits per heavy atom. The number of benzene rings is 1. The van der Waals surface area contributed by atoms with Gasteiger partial charge >= 0.3 is 0 Å². The van der Waals surface area contributed by atoms with Crippen LogP contribution in [-0.4, -0.2) is 18.3 Å². The highest BCUT2D eigenvalue weighted by Gasteiger charge is 2.05. The fraction of sp³-hybridized carbons (Fsp3) is 0.562. The second kappa shape index (κ2) is 8.80. The lowest BCUT2D eigenvalue weighted by molar-refractivity contribution is 0.415. The maximum Gasteiger partial charge on any atom is 0.170 e. The quantitative estimate of drug-likeness (QED) is 0.739. The molecule has 0 fully saturated rings. The zero-order valence-electron chi connectivity index (χ0n) is 12.9. The zero-order valence-corrected chi connectivity index (χ0v) is 13.7. The maximum absolute atomic E-state index is 5.32. The van der Waals surface area contributed by atoms with Crippen molar-refractivity contribution in [1.82, 2.24) is 5.32 Å². The van der Waals surface area contributed by atoms with Crippen molar-refractivity contribution >= 4 is 23.0 Å². The normalized spacial score (nSPS) is 12.1. The van der Waals surface area contributed by atoms with Crippen molar-refractivity contribution in [3.63, 3.8) is 0 Å². The Balaban J connectivity index is 2.31. The van der Waals surface area contributed by atoms with Crippen LogP contribution in [0.3, 0.4) is 0 Å². The Labute approximate surface area is 128 Å². The maximum atomic E-state index is 5.32. The molecule has 1 aromatic rings. The molecular formula is C16H26N2OS. The molecule has 0 aliphatic heterocycles. The molecule has 0 saturated heterocycles. The van der Waals surface area contributed by atoms with Crippen LogP contribution in [0.5, 0.6) is 5.75 Å². The molecule has 1 atom stereocenters. The summed E-state index contributed by atoms with van der Waals surface area (Å²) in [6.07, 6.45) is 3.64. The lowest BCUT2D eigenvalue weighted by Crippen LogP contribution is -2.35. The molecule has 0 bridgehead atoms. The molecule has 4 heteroatoms. The third kappa shape index (κ3) is 6.75. The van der Waals surface area contributed by atoms with E-state index < -0.39 is 0 Å².